The normalized spacial score (nSPS) is 6.25. The number of aliphatic carboxylic acids is 1. The van der Waals surface area contributed by atoms with Crippen LogP contribution >= 0.6 is 0 Å². The number of rotatable bonds is 1. The van der Waals surface area contributed by atoms with Crippen molar-refractivity contribution >= 4 is 5.97 Å². The van der Waals surface area contributed by atoms with Crippen LogP contribution in [0.5, 0.6) is 0 Å². The molecule has 0 saturated carbocycles. The Labute approximate surface area is 46.9 Å². The molecule has 5 nitrogen and oxygen atoms in total. The van der Waals surface area contributed by atoms with Crippen molar-refractivity contribution in [2.75, 3.05) is 0 Å². The zero-order valence-electron chi connectivity index (χ0n) is 4.29. The van der Waals surface area contributed by atoms with Crippen molar-refractivity contribution in [1.82, 2.24) is 5.53 Å². The van der Waals surface area contributed by atoms with E-state index in [1.807, 2.05) is 0 Å². The predicted molar refractivity (Wildman–Crippen MR) is 29.3 cm³/mol. The van der Waals surface area contributed by atoms with Gasteiger partial charge in [-0.05, 0) is 0 Å². The van der Waals surface area contributed by atoms with Gasteiger partial charge in [-0.15, -0.1) is 0 Å². The highest BCUT2D eigenvalue weighted by atomic mass is 16.4. The Bertz CT molecular complexity index is 72.9. The van der Waals surface area contributed by atoms with Crippen LogP contribution in [-0.4, -0.2) is 11.1 Å². The highest BCUT2D eigenvalue weighted by Crippen LogP contribution is 1.54. The molecule has 48 valence electrons. The van der Waals surface area contributed by atoms with Crippen molar-refractivity contribution in [1.29, 1.82) is 0 Å². The van der Waals surface area contributed by atoms with Crippen molar-refractivity contribution in [3.8, 4) is 0 Å². The molecule has 0 aliphatic heterocycles. The molecule has 8 heavy (non-hydrogen) atoms. The fourth-order valence-electron chi connectivity index (χ4n) is 0. The molecule has 0 heterocycles. The lowest BCUT2D eigenvalue weighted by Crippen LogP contribution is -2.29. The zero-order chi connectivity index (χ0) is 6.99. The fraction of sp³-hybridized carbons (Fsp3) is 0. The van der Waals surface area contributed by atoms with Gasteiger partial charge in [-0.3, -0.25) is 11.7 Å². The molecule has 0 radical (unpaired) electrons. The van der Waals surface area contributed by atoms with Crippen LogP contribution in [0, 0.1) is 0 Å². The molecule has 0 saturated heterocycles. The van der Waals surface area contributed by atoms with Gasteiger partial charge in [0.2, 0.25) is 0 Å². The van der Waals surface area contributed by atoms with Gasteiger partial charge in [-0.2, -0.15) is 5.53 Å². The van der Waals surface area contributed by atoms with Crippen LogP contribution in [-0.2, 0) is 4.79 Å². The second kappa shape index (κ2) is 9.43. The van der Waals surface area contributed by atoms with Crippen LogP contribution in [0.4, 0.5) is 0 Å². The summed E-state index contributed by atoms with van der Waals surface area (Å²) in [7, 11) is 0. The minimum absolute atomic E-state index is 0.833. The number of carboxylic acid groups (broad SMARTS) is 1. The van der Waals surface area contributed by atoms with Crippen LogP contribution in [0.2, 0.25) is 0 Å². The maximum atomic E-state index is 9.25. The van der Waals surface area contributed by atoms with Gasteiger partial charge in [-0.1, -0.05) is 6.58 Å². The topological polar surface area (TPSA) is 101 Å². The molecule has 0 fully saturated rings. The first-order valence-electron chi connectivity index (χ1n) is 1.70. The largest absolute Gasteiger partial charge is 0.478 e. The lowest BCUT2D eigenvalue weighted by Gasteiger charge is -1.64. The molecule has 0 aliphatic rings. The van der Waals surface area contributed by atoms with E-state index >= 15 is 0 Å². The Morgan fingerprint density at radius 3 is 1.88 bits per heavy atom. The maximum Gasteiger partial charge on any atom is 0.327 e. The third kappa shape index (κ3) is 71.7. The first kappa shape index (κ1) is 10.1. The van der Waals surface area contributed by atoms with E-state index in [-0.39, 0.29) is 0 Å². The third-order valence-electron chi connectivity index (χ3n) is 0.175. The number of carboxylic acids is 1. The van der Waals surface area contributed by atoms with Gasteiger partial charge < -0.3 is 5.11 Å². The van der Waals surface area contributed by atoms with Gasteiger partial charge in [0.05, 0.1) is 0 Å². The van der Waals surface area contributed by atoms with Gasteiger partial charge in [0.25, 0.3) is 0 Å². The lowest BCUT2D eigenvalue weighted by atomic mass is 10.7. The number of nitrogens with two attached hydrogens (primary N) is 2. The first-order chi connectivity index (χ1) is 3.68. The second-order valence-corrected chi connectivity index (χ2v) is 0.709. The van der Waals surface area contributed by atoms with E-state index in [0.29, 0.717) is 0 Å². The minimum atomic E-state index is -0.981. The van der Waals surface area contributed by atoms with Crippen LogP contribution in [0.3, 0.4) is 0 Å². The summed E-state index contributed by atoms with van der Waals surface area (Å²) in [4.78, 5) is 9.25. The molecular weight excluding hydrogens is 110 g/mol. The second-order valence-electron chi connectivity index (χ2n) is 0.709. The van der Waals surface area contributed by atoms with Crippen LogP contribution in [0.15, 0.2) is 12.7 Å². The van der Waals surface area contributed by atoms with E-state index in [2.05, 4.69) is 18.3 Å². The lowest BCUT2D eigenvalue weighted by molar-refractivity contribution is -0.131. The predicted octanol–water partition coefficient (Wildman–Crippen LogP) is -1.42. The minimum Gasteiger partial charge on any atom is -0.478 e. The Morgan fingerprint density at radius 1 is 1.75 bits per heavy atom. The summed E-state index contributed by atoms with van der Waals surface area (Å²) in [6.07, 6.45) is 0.833. The van der Waals surface area contributed by atoms with Gasteiger partial charge in [0.15, 0.2) is 0 Å². The fourth-order valence-corrected chi connectivity index (χ4v) is 0. The standard InChI is InChI=1S/C3H4O2.H5N3/c1-2-3(4)5;1-3-2/h2H,1H2,(H,4,5);3H,1-2H2. The number of nitrogens with one attached hydrogen (secondary N) is 1. The van der Waals surface area contributed by atoms with Crippen molar-refractivity contribution in [3.63, 3.8) is 0 Å². The zero-order valence-corrected chi connectivity index (χ0v) is 4.29. The molecule has 0 spiro atoms. The summed E-state index contributed by atoms with van der Waals surface area (Å²) in [6, 6.07) is 0. The molecule has 0 atom stereocenters. The van der Waals surface area contributed by atoms with Gasteiger partial charge in [-0.25, -0.2) is 4.79 Å². The van der Waals surface area contributed by atoms with E-state index in [1.54, 1.807) is 5.53 Å². The molecule has 6 N–H and O–H groups in total. The molecule has 0 amide bonds. The summed E-state index contributed by atoms with van der Waals surface area (Å²) >= 11 is 0. The smallest absolute Gasteiger partial charge is 0.327 e. The van der Waals surface area contributed by atoms with Crippen molar-refractivity contribution < 1.29 is 9.90 Å². The van der Waals surface area contributed by atoms with Crippen molar-refractivity contribution in [2.24, 2.45) is 11.7 Å². The average Bonchev–Trinajstić information content (AvgIpc) is 1.69. The van der Waals surface area contributed by atoms with E-state index in [0.717, 1.165) is 6.08 Å². The van der Waals surface area contributed by atoms with Crippen LogP contribution in [0.25, 0.3) is 0 Å². The molecule has 5 heteroatoms. The number of carbonyl (C=O) groups is 1. The SMILES string of the molecule is C=CC(=O)O.NNN. The van der Waals surface area contributed by atoms with E-state index in [4.69, 9.17) is 5.11 Å². The summed E-state index contributed by atoms with van der Waals surface area (Å²) in [5.74, 6) is 7.77. The van der Waals surface area contributed by atoms with Crippen molar-refractivity contribution in [3.05, 3.63) is 12.7 Å². The molecule has 0 aromatic rings. The average molecular weight is 119 g/mol. The molecule has 0 unspecified atom stereocenters. The summed E-state index contributed by atoms with van der Waals surface area (Å²) in [5.41, 5.74) is 1.75. The molecule has 0 aliphatic carbocycles. The number of hydrogen-bond acceptors (Lipinski definition) is 4. The Balaban J connectivity index is 0. The van der Waals surface area contributed by atoms with E-state index in [1.165, 1.54) is 0 Å². The highest BCUT2D eigenvalue weighted by molar-refractivity contribution is 5.78. The monoisotopic (exact) mass is 119 g/mol. The third-order valence-corrected chi connectivity index (χ3v) is 0.175. The molecule has 0 aromatic carbocycles. The quantitative estimate of drug-likeness (QED) is 0.193. The van der Waals surface area contributed by atoms with Crippen LogP contribution in [0.1, 0.15) is 0 Å². The summed E-state index contributed by atoms with van der Waals surface area (Å²) in [5, 5.41) is 7.60. The van der Waals surface area contributed by atoms with Gasteiger partial charge >= 0.3 is 5.97 Å². The maximum absolute atomic E-state index is 9.25. The Kier molecular flexibility index (Phi) is 12.0. The highest BCUT2D eigenvalue weighted by Gasteiger charge is 1.73. The van der Waals surface area contributed by atoms with Crippen molar-refractivity contribution in [2.45, 2.75) is 0 Å². The van der Waals surface area contributed by atoms with Gasteiger partial charge in [0.1, 0.15) is 0 Å². The first-order valence-corrected chi connectivity index (χ1v) is 1.70. The summed E-state index contributed by atoms with van der Waals surface area (Å²) < 4.78 is 0. The Hall–Kier alpha value is -0.910. The van der Waals surface area contributed by atoms with E-state index in [9.17, 15) is 4.79 Å². The molecule has 0 aromatic heterocycles. The molecule has 0 rings (SSSR count). The Morgan fingerprint density at radius 2 is 1.88 bits per heavy atom. The van der Waals surface area contributed by atoms with Gasteiger partial charge in [0, 0.05) is 6.08 Å². The molecule has 0 bridgehead atoms. The number of hydrogen-bond donors (Lipinski definition) is 4. The summed E-state index contributed by atoms with van der Waals surface area (Å²) in [6.45, 7) is 2.96. The van der Waals surface area contributed by atoms with Crippen LogP contribution < -0.4 is 17.2 Å². The molecular formula is C3H9N3O2. The van der Waals surface area contributed by atoms with E-state index < -0.39 is 5.97 Å². The number of hydrazine groups is 2.